The molecule has 0 unspecified atom stereocenters. The number of aldehydes is 1. The standard InChI is InChI=1S/C8H8ClNO3/c1-12-5-13-7-2-3-8(9)10-6(7)4-11/h2-4H,5H2,1H3. The number of hydrogen-bond acceptors (Lipinski definition) is 4. The van der Waals surface area contributed by atoms with Gasteiger partial charge in [-0.1, -0.05) is 11.6 Å². The van der Waals surface area contributed by atoms with Crippen molar-refractivity contribution in [1.82, 2.24) is 4.98 Å². The Balaban J connectivity index is 2.86. The molecule has 0 amide bonds. The van der Waals surface area contributed by atoms with E-state index in [0.29, 0.717) is 12.0 Å². The summed E-state index contributed by atoms with van der Waals surface area (Å²) in [7, 11) is 1.49. The quantitative estimate of drug-likeness (QED) is 0.421. The molecule has 4 nitrogen and oxygen atoms in total. The minimum Gasteiger partial charge on any atom is -0.465 e. The van der Waals surface area contributed by atoms with Crippen molar-refractivity contribution >= 4 is 17.9 Å². The van der Waals surface area contributed by atoms with Gasteiger partial charge in [0.05, 0.1) is 0 Å². The van der Waals surface area contributed by atoms with Gasteiger partial charge in [0, 0.05) is 7.11 Å². The zero-order valence-corrected chi connectivity index (χ0v) is 7.75. The van der Waals surface area contributed by atoms with Crippen molar-refractivity contribution < 1.29 is 14.3 Å². The second-order valence-corrected chi connectivity index (χ2v) is 2.57. The molecule has 0 atom stereocenters. The molecule has 0 aromatic carbocycles. The van der Waals surface area contributed by atoms with Crippen molar-refractivity contribution in [2.75, 3.05) is 13.9 Å². The van der Waals surface area contributed by atoms with Crippen molar-refractivity contribution in [1.29, 1.82) is 0 Å². The summed E-state index contributed by atoms with van der Waals surface area (Å²) in [6, 6.07) is 3.11. The molecule has 0 spiro atoms. The topological polar surface area (TPSA) is 48.4 Å². The van der Waals surface area contributed by atoms with E-state index < -0.39 is 0 Å². The molecule has 0 aliphatic carbocycles. The number of carbonyl (C=O) groups is 1. The predicted molar refractivity (Wildman–Crippen MR) is 47.1 cm³/mol. The summed E-state index contributed by atoms with van der Waals surface area (Å²) in [6.45, 7) is 0.0736. The summed E-state index contributed by atoms with van der Waals surface area (Å²) in [5.41, 5.74) is 0.171. The molecule has 0 aliphatic rings. The van der Waals surface area contributed by atoms with Crippen LogP contribution in [0.4, 0.5) is 0 Å². The number of halogens is 1. The average molecular weight is 202 g/mol. The number of ether oxygens (including phenoxy) is 2. The van der Waals surface area contributed by atoms with Gasteiger partial charge in [-0.25, -0.2) is 4.98 Å². The molecule has 1 rings (SSSR count). The van der Waals surface area contributed by atoms with Gasteiger partial charge in [-0.3, -0.25) is 4.79 Å². The SMILES string of the molecule is COCOc1ccc(Cl)nc1C=O. The molecular formula is C8H8ClNO3. The molecule has 0 fully saturated rings. The van der Waals surface area contributed by atoms with E-state index in [-0.39, 0.29) is 17.6 Å². The summed E-state index contributed by atoms with van der Waals surface area (Å²) in [5.74, 6) is 0.362. The van der Waals surface area contributed by atoms with Gasteiger partial charge in [0.25, 0.3) is 0 Å². The molecule has 0 aliphatic heterocycles. The maximum absolute atomic E-state index is 10.5. The van der Waals surface area contributed by atoms with Gasteiger partial charge in [-0.15, -0.1) is 0 Å². The van der Waals surface area contributed by atoms with E-state index in [2.05, 4.69) is 9.72 Å². The van der Waals surface area contributed by atoms with Crippen LogP contribution in [0.5, 0.6) is 5.75 Å². The highest BCUT2D eigenvalue weighted by atomic mass is 35.5. The third-order valence-corrected chi connectivity index (χ3v) is 1.51. The van der Waals surface area contributed by atoms with Crippen LogP contribution < -0.4 is 4.74 Å². The first kappa shape index (κ1) is 9.95. The van der Waals surface area contributed by atoms with Crippen LogP contribution in [0.25, 0.3) is 0 Å². The van der Waals surface area contributed by atoms with Gasteiger partial charge in [0.15, 0.2) is 18.8 Å². The Hall–Kier alpha value is -1.13. The Morgan fingerprint density at radius 1 is 1.62 bits per heavy atom. The van der Waals surface area contributed by atoms with Gasteiger partial charge < -0.3 is 9.47 Å². The Bertz CT molecular complexity index is 303. The fourth-order valence-corrected chi connectivity index (χ4v) is 0.920. The molecule has 0 saturated carbocycles. The molecular weight excluding hydrogens is 194 g/mol. The first-order chi connectivity index (χ1) is 6.27. The zero-order valence-electron chi connectivity index (χ0n) is 6.99. The number of nitrogens with zero attached hydrogens (tertiary/aromatic N) is 1. The van der Waals surface area contributed by atoms with Crippen LogP contribution in [-0.2, 0) is 4.74 Å². The largest absolute Gasteiger partial charge is 0.465 e. The number of carbonyl (C=O) groups excluding carboxylic acids is 1. The minimum absolute atomic E-state index is 0.0736. The van der Waals surface area contributed by atoms with Gasteiger partial charge in [-0.05, 0) is 12.1 Å². The van der Waals surface area contributed by atoms with E-state index >= 15 is 0 Å². The van der Waals surface area contributed by atoms with Crippen molar-refractivity contribution in [3.63, 3.8) is 0 Å². The highest BCUT2D eigenvalue weighted by Crippen LogP contribution is 2.17. The number of pyridine rings is 1. The highest BCUT2D eigenvalue weighted by Gasteiger charge is 2.04. The molecule has 0 saturated heterocycles. The third kappa shape index (κ3) is 2.68. The molecule has 0 radical (unpaired) electrons. The number of hydrogen-bond donors (Lipinski definition) is 0. The lowest BCUT2D eigenvalue weighted by Crippen LogP contribution is -2.02. The molecule has 1 aromatic rings. The molecule has 0 N–H and O–H groups in total. The lowest BCUT2D eigenvalue weighted by molar-refractivity contribution is 0.0502. The third-order valence-electron chi connectivity index (χ3n) is 1.30. The molecule has 1 aromatic heterocycles. The van der Waals surface area contributed by atoms with Crippen molar-refractivity contribution in [3.05, 3.63) is 23.0 Å². The summed E-state index contributed by atoms with van der Waals surface area (Å²) in [5, 5.41) is 0.256. The van der Waals surface area contributed by atoms with E-state index in [1.807, 2.05) is 0 Å². The second kappa shape index (κ2) is 4.79. The van der Waals surface area contributed by atoms with Crippen LogP contribution in [-0.4, -0.2) is 25.2 Å². The second-order valence-electron chi connectivity index (χ2n) is 2.19. The normalized spacial score (nSPS) is 9.69. The van der Waals surface area contributed by atoms with Gasteiger partial charge >= 0.3 is 0 Å². The Kier molecular flexibility index (Phi) is 3.67. The Labute approximate surface area is 80.4 Å². The highest BCUT2D eigenvalue weighted by molar-refractivity contribution is 6.29. The first-order valence-electron chi connectivity index (χ1n) is 3.51. The average Bonchev–Trinajstić information content (AvgIpc) is 2.16. The number of methoxy groups -OCH3 is 1. The first-order valence-corrected chi connectivity index (χ1v) is 3.89. The van der Waals surface area contributed by atoms with Crippen molar-refractivity contribution in [3.8, 4) is 5.75 Å². The maximum atomic E-state index is 10.5. The van der Waals surface area contributed by atoms with Crippen LogP contribution in [0, 0.1) is 0 Å². The predicted octanol–water partition coefficient (Wildman–Crippen LogP) is 1.53. The molecule has 1 heterocycles. The van der Waals surface area contributed by atoms with E-state index in [0.717, 1.165) is 0 Å². The lowest BCUT2D eigenvalue weighted by atomic mass is 10.3. The molecule has 70 valence electrons. The van der Waals surface area contributed by atoms with E-state index in [4.69, 9.17) is 16.3 Å². The van der Waals surface area contributed by atoms with Crippen LogP contribution in [0.1, 0.15) is 10.5 Å². The van der Waals surface area contributed by atoms with E-state index in [1.54, 1.807) is 12.1 Å². The fourth-order valence-electron chi connectivity index (χ4n) is 0.766. The molecule has 0 bridgehead atoms. The zero-order chi connectivity index (χ0) is 9.68. The number of aromatic nitrogens is 1. The smallest absolute Gasteiger partial charge is 0.188 e. The molecule has 13 heavy (non-hydrogen) atoms. The lowest BCUT2D eigenvalue weighted by Gasteiger charge is -2.05. The van der Waals surface area contributed by atoms with E-state index in [1.165, 1.54) is 7.11 Å². The van der Waals surface area contributed by atoms with Gasteiger partial charge in [0.2, 0.25) is 0 Å². The van der Waals surface area contributed by atoms with E-state index in [9.17, 15) is 4.79 Å². The summed E-state index contributed by atoms with van der Waals surface area (Å²) in [4.78, 5) is 14.3. The minimum atomic E-state index is 0.0736. The molecule has 5 heteroatoms. The summed E-state index contributed by atoms with van der Waals surface area (Å²) < 4.78 is 9.73. The van der Waals surface area contributed by atoms with Crippen molar-refractivity contribution in [2.45, 2.75) is 0 Å². The number of rotatable bonds is 4. The monoisotopic (exact) mass is 201 g/mol. The fraction of sp³-hybridized carbons (Fsp3) is 0.250. The van der Waals surface area contributed by atoms with Crippen molar-refractivity contribution in [2.24, 2.45) is 0 Å². The van der Waals surface area contributed by atoms with Crippen LogP contribution in [0.2, 0.25) is 5.15 Å². The van der Waals surface area contributed by atoms with Crippen LogP contribution in [0.3, 0.4) is 0 Å². The van der Waals surface area contributed by atoms with Gasteiger partial charge in [0.1, 0.15) is 10.8 Å². The van der Waals surface area contributed by atoms with Crippen LogP contribution in [0.15, 0.2) is 12.1 Å². The van der Waals surface area contributed by atoms with Crippen LogP contribution >= 0.6 is 11.6 Å². The summed E-state index contributed by atoms with van der Waals surface area (Å²) in [6.07, 6.45) is 0.580. The maximum Gasteiger partial charge on any atom is 0.188 e. The Morgan fingerprint density at radius 2 is 2.38 bits per heavy atom. The Morgan fingerprint density at radius 3 is 3.00 bits per heavy atom. The summed E-state index contributed by atoms with van der Waals surface area (Å²) >= 11 is 5.57. The van der Waals surface area contributed by atoms with Gasteiger partial charge in [-0.2, -0.15) is 0 Å².